The third-order valence-electron chi connectivity index (χ3n) is 8.33. The molecule has 1 amide bonds. The predicted molar refractivity (Wildman–Crippen MR) is 128 cm³/mol. The lowest BCUT2D eigenvalue weighted by molar-refractivity contribution is -0.181. The molecule has 1 aromatic rings. The van der Waals surface area contributed by atoms with Crippen LogP contribution in [0.2, 0.25) is 0 Å². The molecule has 3 aliphatic carbocycles. The Kier molecular flexibility index (Phi) is 6.65. The highest BCUT2D eigenvalue weighted by molar-refractivity contribution is 6.32. The van der Waals surface area contributed by atoms with E-state index in [-0.39, 0.29) is 24.2 Å². The van der Waals surface area contributed by atoms with Crippen LogP contribution in [0.15, 0.2) is 12.1 Å². The number of carbonyl (C=O) groups is 5. The number of hydrogen-bond acceptors (Lipinski definition) is 9. The van der Waals surface area contributed by atoms with Crippen LogP contribution < -0.4 is 5.73 Å². The predicted octanol–water partition coefficient (Wildman–Crippen LogP) is -0.291. The minimum atomic E-state index is -2.70. The number of likely N-dealkylation sites (N-methyl/N-ethyl adjacent to an activating group) is 1. The SMILES string of the molecule is CCN(CC)Cc1ccc(O)c2c1C[C@@H]1C[C@@H]3[C@@H](N(C)C)C(=O)C(C(N)=O)C(=O)[C@]3(O)C(=O)C1C2=O. The number of ketones is 4. The van der Waals surface area contributed by atoms with Gasteiger partial charge in [0.15, 0.2) is 34.7 Å². The molecule has 10 nitrogen and oxygen atoms in total. The Morgan fingerprint density at radius 2 is 1.75 bits per heavy atom. The lowest BCUT2D eigenvalue weighted by Gasteiger charge is -2.52. The molecule has 36 heavy (non-hydrogen) atoms. The molecule has 3 aliphatic rings. The number of amides is 1. The molecule has 0 aromatic heterocycles. The van der Waals surface area contributed by atoms with Gasteiger partial charge in [-0.15, -0.1) is 0 Å². The fourth-order valence-corrected chi connectivity index (χ4v) is 6.51. The summed E-state index contributed by atoms with van der Waals surface area (Å²) in [5, 5.41) is 22.2. The highest BCUT2D eigenvalue weighted by Gasteiger charge is 2.69. The molecule has 0 aliphatic heterocycles. The van der Waals surface area contributed by atoms with Crippen LogP contribution in [0.3, 0.4) is 0 Å². The summed E-state index contributed by atoms with van der Waals surface area (Å²) in [7, 11) is 3.13. The number of nitrogens with zero attached hydrogens (tertiary/aromatic N) is 2. The number of phenols is 1. The number of rotatable bonds is 6. The van der Waals surface area contributed by atoms with E-state index in [0.29, 0.717) is 12.1 Å². The van der Waals surface area contributed by atoms with Gasteiger partial charge in [0.05, 0.1) is 17.5 Å². The number of nitrogens with two attached hydrogens (primary N) is 1. The molecule has 0 bridgehead atoms. The van der Waals surface area contributed by atoms with Crippen molar-refractivity contribution < 1.29 is 34.2 Å². The fraction of sp³-hybridized carbons (Fsp3) is 0.577. The van der Waals surface area contributed by atoms with E-state index in [2.05, 4.69) is 4.90 Å². The van der Waals surface area contributed by atoms with Crippen molar-refractivity contribution in [2.45, 2.75) is 44.9 Å². The zero-order valence-electron chi connectivity index (χ0n) is 21.0. The summed E-state index contributed by atoms with van der Waals surface area (Å²) < 4.78 is 0. The van der Waals surface area contributed by atoms with Gasteiger partial charge >= 0.3 is 0 Å². The van der Waals surface area contributed by atoms with Crippen molar-refractivity contribution in [3.8, 4) is 5.75 Å². The Morgan fingerprint density at radius 3 is 2.31 bits per heavy atom. The van der Waals surface area contributed by atoms with Gasteiger partial charge in [0.25, 0.3) is 0 Å². The molecule has 4 rings (SSSR count). The average Bonchev–Trinajstić information content (AvgIpc) is 2.80. The van der Waals surface area contributed by atoms with Crippen LogP contribution in [-0.2, 0) is 32.1 Å². The highest BCUT2D eigenvalue weighted by atomic mass is 16.3. The lowest BCUT2D eigenvalue weighted by Crippen LogP contribution is -2.74. The monoisotopic (exact) mass is 499 g/mol. The first-order chi connectivity index (χ1) is 16.9. The van der Waals surface area contributed by atoms with Gasteiger partial charge in [-0.2, -0.15) is 0 Å². The van der Waals surface area contributed by atoms with Gasteiger partial charge in [0.2, 0.25) is 5.91 Å². The molecule has 0 spiro atoms. The molecule has 1 aromatic carbocycles. The van der Waals surface area contributed by atoms with Gasteiger partial charge in [-0.05, 0) is 63.1 Å². The van der Waals surface area contributed by atoms with Gasteiger partial charge < -0.3 is 15.9 Å². The van der Waals surface area contributed by atoms with Crippen molar-refractivity contribution in [2.75, 3.05) is 27.2 Å². The van der Waals surface area contributed by atoms with E-state index < -0.39 is 64.4 Å². The number of hydrogen-bond donors (Lipinski definition) is 3. The Balaban J connectivity index is 1.83. The van der Waals surface area contributed by atoms with Crippen LogP contribution in [0.5, 0.6) is 5.75 Å². The molecule has 2 saturated carbocycles. The summed E-state index contributed by atoms with van der Waals surface area (Å²) in [5.74, 6) is -10.2. The van der Waals surface area contributed by atoms with E-state index in [1.54, 1.807) is 20.2 Å². The summed E-state index contributed by atoms with van der Waals surface area (Å²) >= 11 is 0. The zero-order chi connectivity index (χ0) is 26.7. The standard InChI is InChI=1S/C26H33N3O7/c1-5-29(6-2)11-12-7-8-16(30)18-14(12)9-13-10-15-20(28(3)4)22(32)19(25(27)35)24(34)26(15,36)23(33)17(13)21(18)31/h7-8,13,15,17,19-20,30,36H,5-6,9-11H2,1-4H3,(H2,27,35)/t13-,15-,17?,19?,20-,26-/m1/s1. The number of carbonyl (C=O) groups excluding carboxylic acids is 5. The summed E-state index contributed by atoms with van der Waals surface area (Å²) in [4.78, 5) is 69.6. The molecule has 0 saturated heterocycles. The van der Waals surface area contributed by atoms with Crippen LogP contribution in [-0.4, -0.2) is 87.9 Å². The average molecular weight is 500 g/mol. The topological polar surface area (TPSA) is 158 Å². The van der Waals surface area contributed by atoms with Crippen LogP contribution >= 0.6 is 0 Å². The highest BCUT2D eigenvalue weighted by Crippen LogP contribution is 2.51. The van der Waals surface area contributed by atoms with Gasteiger partial charge in [0, 0.05) is 12.5 Å². The number of phenolic OH excluding ortho intramolecular Hbond substituents is 1. The van der Waals surface area contributed by atoms with Crippen LogP contribution in [0.25, 0.3) is 0 Å². The number of primary amides is 1. The van der Waals surface area contributed by atoms with Gasteiger partial charge in [-0.25, -0.2) is 0 Å². The second kappa shape index (κ2) is 9.17. The third-order valence-corrected chi connectivity index (χ3v) is 8.33. The molecule has 2 unspecified atom stereocenters. The van der Waals surface area contributed by atoms with Crippen LogP contribution in [0.1, 0.15) is 41.8 Å². The van der Waals surface area contributed by atoms with Crippen molar-refractivity contribution in [2.24, 2.45) is 29.4 Å². The largest absolute Gasteiger partial charge is 0.507 e. The van der Waals surface area contributed by atoms with Crippen molar-refractivity contribution >= 4 is 29.0 Å². The molecule has 0 heterocycles. The maximum atomic E-state index is 13.8. The minimum absolute atomic E-state index is 0.0336. The van der Waals surface area contributed by atoms with E-state index in [1.165, 1.54) is 11.0 Å². The normalized spacial score (nSPS) is 31.9. The van der Waals surface area contributed by atoms with Crippen molar-refractivity contribution in [3.05, 3.63) is 28.8 Å². The van der Waals surface area contributed by atoms with Crippen LogP contribution in [0.4, 0.5) is 0 Å². The zero-order valence-corrected chi connectivity index (χ0v) is 21.0. The number of benzene rings is 1. The smallest absolute Gasteiger partial charge is 0.235 e. The van der Waals surface area contributed by atoms with E-state index in [0.717, 1.165) is 18.7 Å². The van der Waals surface area contributed by atoms with E-state index in [9.17, 15) is 34.2 Å². The quantitative estimate of drug-likeness (QED) is 0.447. The Bertz CT molecular complexity index is 1160. The molecule has 0 radical (unpaired) electrons. The molecule has 194 valence electrons. The molecule has 6 atom stereocenters. The Morgan fingerprint density at radius 1 is 1.11 bits per heavy atom. The maximum Gasteiger partial charge on any atom is 0.235 e. The van der Waals surface area contributed by atoms with Crippen molar-refractivity contribution in [1.82, 2.24) is 9.80 Å². The maximum absolute atomic E-state index is 13.8. The van der Waals surface area contributed by atoms with Crippen molar-refractivity contribution in [3.63, 3.8) is 0 Å². The summed E-state index contributed by atoms with van der Waals surface area (Å²) in [6.45, 7) is 6.18. The summed E-state index contributed by atoms with van der Waals surface area (Å²) in [6, 6.07) is 2.09. The Labute approximate surface area is 209 Å². The third kappa shape index (κ3) is 3.62. The molecule has 10 heteroatoms. The van der Waals surface area contributed by atoms with E-state index in [4.69, 9.17) is 5.73 Å². The summed E-state index contributed by atoms with van der Waals surface area (Å²) in [6.07, 6.45) is 0.321. The second-order valence-electron chi connectivity index (χ2n) is 10.3. The van der Waals surface area contributed by atoms with E-state index in [1.807, 2.05) is 13.8 Å². The molecule has 2 fully saturated rings. The first-order valence-corrected chi connectivity index (χ1v) is 12.3. The minimum Gasteiger partial charge on any atom is -0.507 e. The first-order valence-electron chi connectivity index (χ1n) is 12.3. The van der Waals surface area contributed by atoms with Gasteiger partial charge in [-0.3, -0.25) is 33.8 Å². The summed E-state index contributed by atoms with van der Waals surface area (Å²) in [5.41, 5.74) is 4.17. The lowest BCUT2D eigenvalue weighted by atomic mass is 9.52. The van der Waals surface area contributed by atoms with Crippen molar-refractivity contribution in [1.29, 1.82) is 0 Å². The second-order valence-corrected chi connectivity index (χ2v) is 10.3. The number of aromatic hydroxyl groups is 1. The molecular weight excluding hydrogens is 466 g/mol. The first kappa shape index (κ1) is 26.1. The fourth-order valence-electron chi connectivity index (χ4n) is 6.51. The number of aliphatic hydroxyl groups is 1. The van der Waals surface area contributed by atoms with Gasteiger partial charge in [-0.1, -0.05) is 19.9 Å². The van der Waals surface area contributed by atoms with Gasteiger partial charge in [0.1, 0.15) is 5.75 Å². The number of Topliss-reactive ketones (excluding diaryl/α,β-unsaturated/α-hetero) is 4. The molecule has 4 N–H and O–H groups in total. The number of fused-ring (bicyclic) bond motifs is 3. The Hall–Kier alpha value is -2.95. The van der Waals surface area contributed by atoms with E-state index >= 15 is 0 Å². The van der Waals surface area contributed by atoms with Crippen LogP contribution in [0, 0.1) is 23.7 Å². The molecular formula is C26H33N3O7.